The van der Waals surface area contributed by atoms with Gasteiger partial charge in [0.25, 0.3) is 0 Å². The van der Waals surface area contributed by atoms with Gasteiger partial charge in [0.1, 0.15) is 17.7 Å². The van der Waals surface area contributed by atoms with Gasteiger partial charge in [-0.25, -0.2) is 4.39 Å². The van der Waals surface area contributed by atoms with Gasteiger partial charge in [-0.05, 0) is 36.6 Å². The van der Waals surface area contributed by atoms with E-state index in [1.807, 2.05) is 0 Å². The Balaban J connectivity index is 2.16. The molecule has 0 saturated heterocycles. The molecule has 0 aliphatic carbocycles. The molecule has 1 nitrogen and oxygen atoms in total. The van der Waals surface area contributed by atoms with Crippen LogP contribution in [0.2, 0.25) is 0 Å². The van der Waals surface area contributed by atoms with Crippen LogP contribution in [0.4, 0.5) is 4.39 Å². The average Bonchev–Trinajstić information content (AvgIpc) is 2.27. The third-order valence-electron chi connectivity index (χ3n) is 2.88. The van der Waals surface area contributed by atoms with Crippen molar-refractivity contribution < 1.29 is 9.13 Å². The normalized spacial score (nSPS) is 21.7. The fourth-order valence-corrected chi connectivity index (χ4v) is 2.45. The van der Waals surface area contributed by atoms with E-state index in [0.29, 0.717) is 12.0 Å². The van der Waals surface area contributed by atoms with E-state index < -0.39 is 0 Å². The summed E-state index contributed by atoms with van der Waals surface area (Å²) in [7, 11) is 0. The van der Waals surface area contributed by atoms with Gasteiger partial charge in [0, 0.05) is 10.3 Å². The first-order valence-corrected chi connectivity index (χ1v) is 6.74. The minimum atomic E-state index is -0.169. The second-order valence-electron chi connectivity index (χ2n) is 4.08. The minimum absolute atomic E-state index is 0.169. The molecule has 0 saturated carbocycles. The highest BCUT2D eigenvalue weighted by atomic mass is 127. The van der Waals surface area contributed by atoms with Crippen molar-refractivity contribution in [2.45, 2.75) is 25.9 Å². The lowest BCUT2D eigenvalue weighted by Gasteiger charge is -2.29. The van der Waals surface area contributed by atoms with Gasteiger partial charge < -0.3 is 4.74 Å². The number of ether oxygens (including phenoxy) is 1. The topological polar surface area (TPSA) is 9.23 Å². The van der Waals surface area contributed by atoms with Crippen LogP contribution in [0.25, 0.3) is 0 Å². The molecular weight excluding hydrogens is 306 g/mol. The summed E-state index contributed by atoms with van der Waals surface area (Å²) in [5.74, 6) is 1.26. The summed E-state index contributed by atoms with van der Waals surface area (Å²) in [6.45, 7) is 2.20. The van der Waals surface area contributed by atoms with Crippen molar-refractivity contribution in [2.24, 2.45) is 5.92 Å². The van der Waals surface area contributed by atoms with Crippen molar-refractivity contribution >= 4 is 22.6 Å². The molecule has 1 aliphatic rings. The number of fused-ring (bicyclic) bond motifs is 1. The molecule has 0 radical (unpaired) electrons. The molecule has 15 heavy (non-hydrogen) atoms. The molecule has 0 N–H and O–H groups in total. The number of alkyl halides is 1. The number of halogens is 2. The van der Waals surface area contributed by atoms with Crippen LogP contribution >= 0.6 is 22.6 Å². The fraction of sp³-hybridized carbons (Fsp3) is 0.500. The monoisotopic (exact) mass is 320 g/mol. The van der Waals surface area contributed by atoms with Gasteiger partial charge in [-0.1, -0.05) is 29.5 Å². The summed E-state index contributed by atoms with van der Waals surface area (Å²) in [4.78, 5) is 0. The van der Waals surface area contributed by atoms with Gasteiger partial charge in [0.2, 0.25) is 0 Å². The smallest absolute Gasteiger partial charge is 0.123 e. The maximum atomic E-state index is 13.0. The van der Waals surface area contributed by atoms with Crippen LogP contribution in [-0.4, -0.2) is 10.5 Å². The second kappa shape index (κ2) is 4.68. The van der Waals surface area contributed by atoms with E-state index in [1.165, 1.54) is 6.07 Å². The largest absolute Gasteiger partial charge is 0.490 e. The molecule has 3 heteroatoms. The third-order valence-corrected chi connectivity index (χ3v) is 4.27. The van der Waals surface area contributed by atoms with Crippen LogP contribution in [-0.2, 0) is 6.42 Å². The molecule has 0 aromatic heterocycles. The quantitative estimate of drug-likeness (QED) is 0.598. The number of benzene rings is 1. The second-order valence-corrected chi connectivity index (χ2v) is 4.96. The van der Waals surface area contributed by atoms with E-state index in [4.69, 9.17) is 4.74 Å². The highest BCUT2D eigenvalue weighted by molar-refractivity contribution is 14.1. The Hall–Kier alpha value is -0.320. The van der Waals surface area contributed by atoms with E-state index >= 15 is 0 Å². The summed E-state index contributed by atoms with van der Waals surface area (Å²) >= 11 is 2.38. The molecule has 2 atom stereocenters. The number of rotatable bonds is 2. The lowest BCUT2D eigenvalue weighted by molar-refractivity contribution is 0.130. The summed E-state index contributed by atoms with van der Waals surface area (Å²) in [6, 6.07) is 4.80. The Morgan fingerprint density at radius 1 is 1.60 bits per heavy atom. The predicted molar refractivity (Wildman–Crippen MR) is 67.2 cm³/mol. The molecule has 82 valence electrons. The summed E-state index contributed by atoms with van der Waals surface area (Å²) in [5.41, 5.74) is 1.01. The number of hydrogen-bond acceptors (Lipinski definition) is 1. The molecule has 1 unspecified atom stereocenters. The van der Waals surface area contributed by atoms with Crippen molar-refractivity contribution in [1.29, 1.82) is 0 Å². The van der Waals surface area contributed by atoms with Gasteiger partial charge in [0.15, 0.2) is 0 Å². The Kier molecular flexibility index (Phi) is 3.49. The molecule has 1 aliphatic heterocycles. The molecule has 0 amide bonds. The van der Waals surface area contributed by atoms with Crippen LogP contribution in [0, 0.1) is 11.7 Å². The lowest BCUT2D eigenvalue weighted by Crippen LogP contribution is -2.30. The molecular formula is C12H14FIO. The molecule has 1 aromatic carbocycles. The van der Waals surface area contributed by atoms with E-state index in [9.17, 15) is 4.39 Å². The van der Waals surface area contributed by atoms with E-state index in [-0.39, 0.29) is 5.82 Å². The van der Waals surface area contributed by atoms with E-state index in [2.05, 4.69) is 29.5 Å². The Morgan fingerprint density at radius 3 is 3.13 bits per heavy atom. The zero-order valence-electron chi connectivity index (χ0n) is 8.67. The third kappa shape index (κ3) is 2.44. The molecule has 0 fully saturated rings. The maximum Gasteiger partial charge on any atom is 0.123 e. The maximum absolute atomic E-state index is 13.0. The van der Waals surface area contributed by atoms with E-state index in [1.54, 1.807) is 12.1 Å². The Morgan fingerprint density at radius 2 is 2.40 bits per heavy atom. The molecule has 1 aromatic rings. The molecule has 1 heterocycles. The zero-order valence-corrected chi connectivity index (χ0v) is 10.8. The standard InChI is InChI=1S/C12H14FIO/c1-8(7-14)11-4-2-9-6-10(13)3-5-12(9)15-11/h3,5-6,8,11H,2,4,7H2,1H3/t8-,11?/m0/s1. The fourth-order valence-electron chi connectivity index (χ4n) is 1.88. The highest BCUT2D eigenvalue weighted by Crippen LogP contribution is 2.31. The Bertz CT molecular complexity index is 353. The van der Waals surface area contributed by atoms with Crippen LogP contribution in [0.5, 0.6) is 5.75 Å². The van der Waals surface area contributed by atoms with Crippen LogP contribution in [0.15, 0.2) is 18.2 Å². The summed E-state index contributed by atoms with van der Waals surface area (Å²) in [5, 5.41) is 0. The average molecular weight is 320 g/mol. The van der Waals surface area contributed by atoms with Crippen molar-refractivity contribution in [3.05, 3.63) is 29.6 Å². The molecule has 0 spiro atoms. The molecule has 0 bridgehead atoms. The lowest BCUT2D eigenvalue weighted by atomic mass is 9.95. The first-order chi connectivity index (χ1) is 7.20. The minimum Gasteiger partial charge on any atom is -0.490 e. The SMILES string of the molecule is C[C@@H](CI)C1CCc2cc(F)ccc2O1. The molecule has 2 rings (SSSR count). The van der Waals surface area contributed by atoms with Crippen molar-refractivity contribution in [3.8, 4) is 5.75 Å². The van der Waals surface area contributed by atoms with Crippen LogP contribution in [0.3, 0.4) is 0 Å². The summed E-state index contributed by atoms with van der Waals surface area (Å²) < 4.78 is 19.9. The van der Waals surface area contributed by atoms with Crippen LogP contribution in [0.1, 0.15) is 18.9 Å². The predicted octanol–water partition coefficient (Wildman–Crippen LogP) is 3.59. The number of aryl methyl sites for hydroxylation is 1. The van der Waals surface area contributed by atoms with Gasteiger partial charge in [0.05, 0.1) is 0 Å². The summed E-state index contributed by atoms with van der Waals surface area (Å²) in [6.07, 6.45) is 2.22. The van der Waals surface area contributed by atoms with Crippen molar-refractivity contribution in [1.82, 2.24) is 0 Å². The first kappa shape index (κ1) is 11.2. The van der Waals surface area contributed by atoms with Gasteiger partial charge >= 0.3 is 0 Å². The van der Waals surface area contributed by atoms with E-state index in [0.717, 1.165) is 28.6 Å². The van der Waals surface area contributed by atoms with Crippen molar-refractivity contribution in [2.75, 3.05) is 4.43 Å². The first-order valence-electron chi connectivity index (χ1n) is 5.21. The van der Waals surface area contributed by atoms with Crippen molar-refractivity contribution in [3.63, 3.8) is 0 Å². The van der Waals surface area contributed by atoms with Gasteiger partial charge in [-0.15, -0.1) is 0 Å². The van der Waals surface area contributed by atoms with Crippen LogP contribution < -0.4 is 4.74 Å². The van der Waals surface area contributed by atoms with Gasteiger partial charge in [-0.3, -0.25) is 0 Å². The highest BCUT2D eigenvalue weighted by Gasteiger charge is 2.24. The van der Waals surface area contributed by atoms with Gasteiger partial charge in [-0.2, -0.15) is 0 Å². The Labute approximate surface area is 103 Å². The number of hydrogen-bond donors (Lipinski definition) is 0. The zero-order chi connectivity index (χ0) is 10.8.